The maximum absolute atomic E-state index is 4.54. The highest BCUT2D eigenvalue weighted by Crippen LogP contribution is 2.26. The van der Waals surface area contributed by atoms with Crippen LogP contribution in [0.5, 0.6) is 0 Å². The first kappa shape index (κ1) is 9.80. The molecule has 1 aromatic carbocycles. The van der Waals surface area contributed by atoms with Gasteiger partial charge in [-0.2, -0.15) is 0 Å². The highest BCUT2D eigenvalue weighted by molar-refractivity contribution is 8.01. The molecule has 0 N–H and O–H groups in total. The second kappa shape index (κ2) is 4.19. The van der Waals surface area contributed by atoms with E-state index in [9.17, 15) is 0 Å². The van der Waals surface area contributed by atoms with E-state index in [1.165, 1.54) is 0 Å². The van der Waals surface area contributed by atoms with Gasteiger partial charge in [0, 0.05) is 0 Å². The zero-order valence-electron chi connectivity index (χ0n) is 8.02. The van der Waals surface area contributed by atoms with Gasteiger partial charge in [0.1, 0.15) is 10.1 Å². The van der Waals surface area contributed by atoms with Crippen LogP contribution in [0.2, 0.25) is 0 Å². The molecule has 0 saturated heterocycles. The average Bonchev–Trinajstić information content (AvgIpc) is 2.27. The molecule has 0 radical (unpaired) electrons. The molecule has 0 aliphatic rings. The molecule has 4 heteroatoms. The standard InChI is InChI=1S/C10H10N2S2/c1-13-9-10(14-2)12-8-6-4-3-5-7(8)11-9/h3-6H,1-2H3. The van der Waals surface area contributed by atoms with E-state index in [-0.39, 0.29) is 0 Å². The molecule has 0 saturated carbocycles. The highest BCUT2D eigenvalue weighted by atomic mass is 32.2. The zero-order chi connectivity index (χ0) is 9.97. The SMILES string of the molecule is CSc1nc2ccccc2nc1SC. The largest absolute Gasteiger partial charge is 0.237 e. The van der Waals surface area contributed by atoms with Gasteiger partial charge in [0.2, 0.25) is 0 Å². The van der Waals surface area contributed by atoms with Crippen LogP contribution in [0.25, 0.3) is 11.0 Å². The molecule has 2 rings (SSSR count). The molecule has 72 valence electrons. The Bertz CT molecular complexity index is 414. The Balaban J connectivity index is 2.69. The Morgan fingerprint density at radius 1 is 0.857 bits per heavy atom. The van der Waals surface area contributed by atoms with Gasteiger partial charge in [0.05, 0.1) is 11.0 Å². The average molecular weight is 222 g/mol. The van der Waals surface area contributed by atoms with Gasteiger partial charge in [-0.15, -0.1) is 23.5 Å². The fourth-order valence-corrected chi connectivity index (χ4v) is 2.55. The van der Waals surface area contributed by atoms with Crippen molar-refractivity contribution in [3.05, 3.63) is 24.3 Å². The van der Waals surface area contributed by atoms with Gasteiger partial charge in [-0.3, -0.25) is 0 Å². The summed E-state index contributed by atoms with van der Waals surface area (Å²) in [7, 11) is 0. The number of hydrogen-bond acceptors (Lipinski definition) is 4. The molecule has 1 aromatic heterocycles. The number of nitrogens with zero attached hydrogens (tertiary/aromatic N) is 2. The van der Waals surface area contributed by atoms with Crippen LogP contribution in [0.4, 0.5) is 0 Å². The van der Waals surface area contributed by atoms with Crippen LogP contribution < -0.4 is 0 Å². The first-order chi connectivity index (χ1) is 6.85. The van der Waals surface area contributed by atoms with E-state index in [0.29, 0.717) is 0 Å². The normalized spacial score (nSPS) is 10.7. The third-order valence-corrected chi connectivity index (χ3v) is 3.37. The quantitative estimate of drug-likeness (QED) is 0.729. The van der Waals surface area contributed by atoms with E-state index in [0.717, 1.165) is 21.1 Å². The van der Waals surface area contributed by atoms with E-state index < -0.39 is 0 Å². The second-order valence-electron chi connectivity index (χ2n) is 2.73. The number of aromatic nitrogens is 2. The van der Waals surface area contributed by atoms with Crippen molar-refractivity contribution in [2.45, 2.75) is 10.1 Å². The van der Waals surface area contributed by atoms with E-state index >= 15 is 0 Å². The number of rotatable bonds is 2. The maximum Gasteiger partial charge on any atom is 0.129 e. The smallest absolute Gasteiger partial charge is 0.129 e. The lowest BCUT2D eigenvalue weighted by Crippen LogP contribution is -1.90. The predicted octanol–water partition coefficient (Wildman–Crippen LogP) is 3.07. The van der Waals surface area contributed by atoms with Crippen molar-refractivity contribution >= 4 is 34.6 Å². The van der Waals surface area contributed by atoms with Gasteiger partial charge in [-0.25, -0.2) is 9.97 Å². The molecule has 0 amide bonds. The highest BCUT2D eigenvalue weighted by Gasteiger charge is 2.05. The molecule has 0 aliphatic heterocycles. The molecule has 0 fully saturated rings. The lowest BCUT2D eigenvalue weighted by atomic mass is 10.3. The van der Waals surface area contributed by atoms with Gasteiger partial charge in [-0.1, -0.05) is 12.1 Å². The summed E-state index contributed by atoms with van der Waals surface area (Å²) in [4.78, 5) is 9.09. The molecule has 2 nitrogen and oxygen atoms in total. The first-order valence-electron chi connectivity index (χ1n) is 4.20. The lowest BCUT2D eigenvalue weighted by molar-refractivity contribution is 0.974. The molecule has 0 unspecified atom stereocenters. The van der Waals surface area contributed by atoms with Crippen LogP contribution in [0.15, 0.2) is 34.3 Å². The summed E-state index contributed by atoms with van der Waals surface area (Å²) < 4.78 is 0. The zero-order valence-corrected chi connectivity index (χ0v) is 9.65. The summed E-state index contributed by atoms with van der Waals surface area (Å²) in [5.74, 6) is 0. The van der Waals surface area contributed by atoms with Crippen molar-refractivity contribution in [1.82, 2.24) is 9.97 Å². The Labute approximate surface area is 91.5 Å². The van der Waals surface area contributed by atoms with Crippen LogP contribution >= 0.6 is 23.5 Å². The third-order valence-electron chi connectivity index (χ3n) is 1.90. The van der Waals surface area contributed by atoms with E-state index in [1.807, 2.05) is 36.8 Å². The fourth-order valence-electron chi connectivity index (χ4n) is 1.23. The molecule has 2 aromatic rings. The molecule has 0 bridgehead atoms. The minimum absolute atomic E-state index is 0.967. The predicted molar refractivity (Wildman–Crippen MR) is 63.1 cm³/mol. The van der Waals surface area contributed by atoms with Crippen molar-refractivity contribution in [1.29, 1.82) is 0 Å². The van der Waals surface area contributed by atoms with Crippen molar-refractivity contribution < 1.29 is 0 Å². The number of para-hydroxylation sites is 2. The van der Waals surface area contributed by atoms with Crippen molar-refractivity contribution in [2.75, 3.05) is 12.5 Å². The maximum atomic E-state index is 4.54. The van der Waals surface area contributed by atoms with Crippen LogP contribution in [-0.4, -0.2) is 22.5 Å². The molecule has 0 atom stereocenters. The Morgan fingerprint density at radius 2 is 1.29 bits per heavy atom. The Morgan fingerprint density at radius 3 is 1.64 bits per heavy atom. The first-order valence-corrected chi connectivity index (χ1v) is 6.65. The van der Waals surface area contributed by atoms with Gasteiger partial charge in [0.25, 0.3) is 0 Å². The van der Waals surface area contributed by atoms with Gasteiger partial charge in [-0.05, 0) is 24.6 Å². The minimum atomic E-state index is 0.967. The molecular weight excluding hydrogens is 212 g/mol. The number of benzene rings is 1. The van der Waals surface area contributed by atoms with Gasteiger partial charge in [0.15, 0.2) is 0 Å². The van der Waals surface area contributed by atoms with Gasteiger partial charge >= 0.3 is 0 Å². The molecule has 14 heavy (non-hydrogen) atoms. The van der Waals surface area contributed by atoms with E-state index in [1.54, 1.807) is 23.5 Å². The molecular formula is C10H10N2S2. The lowest BCUT2D eigenvalue weighted by Gasteiger charge is -2.04. The molecule has 0 spiro atoms. The molecule has 1 heterocycles. The van der Waals surface area contributed by atoms with Gasteiger partial charge < -0.3 is 0 Å². The van der Waals surface area contributed by atoms with Crippen LogP contribution in [0.3, 0.4) is 0 Å². The van der Waals surface area contributed by atoms with E-state index in [4.69, 9.17) is 0 Å². The summed E-state index contributed by atoms with van der Waals surface area (Å²) in [6.45, 7) is 0. The number of hydrogen-bond donors (Lipinski definition) is 0. The van der Waals surface area contributed by atoms with Crippen molar-refractivity contribution in [2.24, 2.45) is 0 Å². The molecule has 0 aliphatic carbocycles. The topological polar surface area (TPSA) is 25.8 Å². The number of thioether (sulfide) groups is 2. The summed E-state index contributed by atoms with van der Waals surface area (Å²) in [5.41, 5.74) is 1.93. The third kappa shape index (κ3) is 1.72. The second-order valence-corrected chi connectivity index (χ2v) is 4.32. The summed E-state index contributed by atoms with van der Waals surface area (Å²) in [5, 5.41) is 2.02. The van der Waals surface area contributed by atoms with E-state index in [2.05, 4.69) is 9.97 Å². The summed E-state index contributed by atoms with van der Waals surface area (Å²) in [6, 6.07) is 7.96. The number of fused-ring (bicyclic) bond motifs is 1. The van der Waals surface area contributed by atoms with Crippen LogP contribution in [0, 0.1) is 0 Å². The minimum Gasteiger partial charge on any atom is -0.237 e. The Hall–Kier alpha value is -0.740. The Kier molecular flexibility index (Phi) is 2.93. The monoisotopic (exact) mass is 222 g/mol. The fraction of sp³-hybridized carbons (Fsp3) is 0.200. The summed E-state index contributed by atoms with van der Waals surface area (Å²) >= 11 is 3.28. The summed E-state index contributed by atoms with van der Waals surface area (Å²) in [6.07, 6.45) is 4.05. The van der Waals surface area contributed by atoms with Crippen LogP contribution in [-0.2, 0) is 0 Å². The van der Waals surface area contributed by atoms with Crippen LogP contribution in [0.1, 0.15) is 0 Å². The van der Waals surface area contributed by atoms with Crippen molar-refractivity contribution in [3.63, 3.8) is 0 Å². The van der Waals surface area contributed by atoms with Crippen molar-refractivity contribution in [3.8, 4) is 0 Å².